The highest BCUT2D eigenvalue weighted by Gasteiger charge is 2.15. The molecule has 0 radical (unpaired) electrons. The Kier molecular flexibility index (Phi) is 5.83. The Balaban J connectivity index is 1.73. The van der Waals surface area contributed by atoms with E-state index in [0.717, 1.165) is 32.2 Å². The van der Waals surface area contributed by atoms with Gasteiger partial charge in [-0.2, -0.15) is 11.8 Å². The molecule has 0 aromatic rings. The highest BCUT2D eigenvalue weighted by molar-refractivity contribution is 8.00. The van der Waals surface area contributed by atoms with Gasteiger partial charge in [0.1, 0.15) is 0 Å². The molecule has 2 nitrogen and oxygen atoms in total. The molecule has 1 heterocycles. The van der Waals surface area contributed by atoms with Crippen molar-refractivity contribution in [1.29, 1.82) is 0 Å². The van der Waals surface area contributed by atoms with E-state index in [0.29, 0.717) is 5.92 Å². The van der Waals surface area contributed by atoms with Gasteiger partial charge in [-0.1, -0.05) is 13.8 Å². The van der Waals surface area contributed by atoms with E-state index in [1.165, 1.54) is 11.5 Å². The quantitative estimate of drug-likeness (QED) is 0.637. The number of ether oxygens (including phenoxy) is 1. The molecule has 0 saturated carbocycles. The van der Waals surface area contributed by atoms with Crippen LogP contribution in [0.2, 0.25) is 0 Å². The summed E-state index contributed by atoms with van der Waals surface area (Å²) in [7, 11) is 0. The zero-order valence-corrected chi connectivity index (χ0v) is 9.53. The molecule has 78 valence electrons. The lowest BCUT2D eigenvalue weighted by Gasteiger charge is -2.25. The third kappa shape index (κ3) is 5.55. The molecule has 13 heavy (non-hydrogen) atoms. The van der Waals surface area contributed by atoms with Crippen LogP contribution in [0.5, 0.6) is 0 Å². The number of nitrogens with one attached hydrogen (secondary N) is 1. The van der Waals surface area contributed by atoms with Crippen LogP contribution in [0, 0.1) is 5.92 Å². The summed E-state index contributed by atoms with van der Waals surface area (Å²) in [5.74, 6) is 3.26. The van der Waals surface area contributed by atoms with Gasteiger partial charge in [0.05, 0.1) is 0 Å². The second-order valence-electron chi connectivity index (χ2n) is 4.01. The minimum atomic E-state index is 0.663. The van der Waals surface area contributed by atoms with E-state index in [1.807, 2.05) is 11.8 Å². The lowest BCUT2D eigenvalue weighted by atomic mass is 10.2. The topological polar surface area (TPSA) is 21.3 Å². The van der Waals surface area contributed by atoms with Crippen LogP contribution in [0.15, 0.2) is 0 Å². The number of hydrogen-bond donors (Lipinski definition) is 1. The number of hydrogen-bond acceptors (Lipinski definition) is 3. The van der Waals surface area contributed by atoms with Crippen molar-refractivity contribution in [2.75, 3.05) is 31.3 Å². The van der Waals surface area contributed by atoms with Crippen molar-refractivity contribution in [3.63, 3.8) is 0 Å². The van der Waals surface area contributed by atoms with Gasteiger partial charge in [0.25, 0.3) is 0 Å². The van der Waals surface area contributed by atoms with Crippen LogP contribution in [0.25, 0.3) is 0 Å². The molecule has 1 fully saturated rings. The predicted octanol–water partition coefficient (Wildman–Crippen LogP) is 1.75. The van der Waals surface area contributed by atoms with E-state index in [-0.39, 0.29) is 0 Å². The number of rotatable bonds is 7. The highest BCUT2D eigenvalue weighted by Crippen LogP contribution is 2.16. The molecule has 1 saturated heterocycles. The largest absolute Gasteiger partial charge is 0.381 e. The monoisotopic (exact) mass is 203 g/mol. The average Bonchev–Trinajstić information content (AvgIpc) is 1.99. The summed E-state index contributed by atoms with van der Waals surface area (Å²) >= 11 is 2.02. The van der Waals surface area contributed by atoms with E-state index in [1.54, 1.807) is 0 Å². The summed E-state index contributed by atoms with van der Waals surface area (Å²) in [6, 6.07) is 0.787. The molecule has 1 aliphatic heterocycles. The minimum Gasteiger partial charge on any atom is -0.381 e. The number of thioether (sulfide) groups is 1. The maximum absolute atomic E-state index is 5.48. The Hall–Kier alpha value is 0.270. The molecule has 0 amide bonds. The van der Waals surface area contributed by atoms with Crippen molar-refractivity contribution in [2.24, 2.45) is 5.92 Å². The van der Waals surface area contributed by atoms with Crippen molar-refractivity contribution < 1.29 is 4.74 Å². The molecule has 1 rings (SSSR count). The van der Waals surface area contributed by atoms with Crippen molar-refractivity contribution >= 4 is 11.8 Å². The normalized spacial score (nSPS) is 17.8. The SMILES string of the molecule is CC(C)COCCCNC1CSC1. The molecule has 1 aliphatic rings. The molecule has 0 aromatic heterocycles. The van der Waals surface area contributed by atoms with Crippen LogP contribution >= 0.6 is 11.8 Å². The summed E-state index contributed by atoms with van der Waals surface area (Å²) in [6.45, 7) is 7.29. The predicted molar refractivity (Wildman–Crippen MR) is 59.4 cm³/mol. The smallest absolute Gasteiger partial charge is 0.0489 e. The first-order valence-corrected chi connectivity index (χ1v) is 6.33. The molecule has 0 unspecified atom stereocenters. The summed E-state index contributed by atoms with van der Waals surface area (Å²) < 4.78 is 5.48. The first-order chi connectivity index (χ1) is 6.29. The molecule has 0 aliphatic carbocycles. The van der Waals surface area contributed by atoms with Crippen LogP contribution in [0.4, 0.5) is 0 Å². The lowest BCUT2D eigenvalue weighted by Crippen LogP contribution is -2.40. The van der Waals surface area contributed by atoms with E-state index in [2.05, 4.69) is 19.2 Å². The molecular weight excluding hydrogens is 182 g/mol. The van der Waals surface area contributed by atoms with Crippen molar-refractivity contribution in [3.8, 4) is 0 Å². The Morgan fingerprint density at radius 2 is 2.23 bits per heavy atom. The Bertz CT molecular complexity index is 126. The van der Waals surface area contributed by atoms with Gasteiger partial charge in [-0.05, 0) is 18.9 Å². The summed E-state index contributed by atoms with van der Waals surface area (Å²) in [5, 5.41) is 3.51. The third-order valence-corrected chi connectivity index (χ3v) is 3.26. The first kappa shape index (κ1) is 11.3. The molecule has 0 spiro atoms. The van der Waals surface area contributed by atoms with Gasteiger partial charge in [-0.3, -0.25) is 0 Å². The zero-order valence-electron chi connectivity index (χ0n) is 8.71. The highest BCUT2D eigenvalue weighted by atomic mass is 32.2. The average molecular weight is 203 g/mol. The van der Waals surface area contributed by atoms with Gasteiger partial charge in [0.15, 0.2) is 0 Å². The fraction of sp³-hybridized carbons (Fsp3) is 1.00. The van der Waals surface area contributed by atoms with E-state index in [4.69, 9.17) is 4.74 Å². The molecular formula is C10H21NOS. The van der Waals surface area contributed by atoms with Crippen LogP contribution in [0.3, 0.4) is 0 Å². The van der Waals surface area contributed by atoms with Gasteiger partial charge in [0, 0.05) is 30.8 Å². The standard InChI is InChI=1S/C10H21NOS/c1-9(2)6-12-5-3-4-11-10-7-13-8-10/h9-11H,3-8H2,1-2H3. The summed E-state index contributed by atoms with van der Waals surface area (Å²) in [5.41, 5.74) is 0. The molecule has 0 atom stereocenters. The van der Waals surface area contributed by atoms with Gasteiger partial charge in [-0.25, -0.2) is 0 Å². The lowest BCUT2D eigenvalue weighted by molar-refractivity contribution is 0.107. The second kappa shape index (κ2) is 6.68. The Labute approximate surface area is 85.8 Å². The third-order valence-electron chi connectivity index (χ3n) is 1.99. The summed E-state index contributed by atoms with van der Waals surface area (Å²) in [4.78, 5) is 0. The van der Waals surface area contributed by atoms with Crippen molar-refractivity contribution in [1.82, 2.24) is 5.32 Å². The van der Waals surface area contributed by atoms with E-state index in [9.17, 15) is 0 Å². The van der Waals surface area contributed by atoms with Crippen LogP contribution in [0.1, 0.15) is 20.3 Å². The van der Waals surface area contributed by atoms with Gasteiger partial charge >= 0.3 is 0 Å². The fourth-order valence-electron chi connectivity index (χ4n) is 1.15. The maximum atomic E-state index is 5.48. The minimum absolute atomic E-state index is 0.663. The molecule has 1 N–H and O–H groups in total. The van der Waals surface area contributed by atoms with Gasteiger partial charge in [-0.15, -0.1) is 0 Å². The Morgan fingerprint density at radius 1 is 1.46 bits per heavy atom. The van der Waals surface area contributed by atoms with E-state index >= 15 is 0 Å². The van der Waals surface area contributed by atoms with Gasteiger partial charge < -0.3 is 10.1 Å². The molecule has 0 bridgehead atoms. The van der Waals surface area contributed by atoms with Crippen LogP contribution in [-0.2, 0) is 4.74 Å². The van der Waals surface area contributed by atoms with Crippen molar-refractivity contribution in [3.05, 3.63) is 0 Å². The molecule has 0 aromatic carbocycles. The summed E-state index contributed by atoms with van der Waals surface area (Å²) in [6.07, 6.45) is 1.15. The van der Waals surface area contributed by atoms with Gasteiger partial charge in [0.2, 0.25) is 0 Å². The van der Waals surface area contributed by atoms with Crippen LogP contribution in [-0.4, -0.2) is 37.3 Å². The fourth-order valence-corrected chi connectivity index (χ4v) is 1.86. The second-order valence-corrected chi connectivity index (χ2v) is 5.09. The van der Waals surface area contributed by atoms with E-state index < -0.39 is 0 Å². The Morgan fingerprint density at radius 3 is 2.77 bits per heavy atom. The first-order valence-electron chi connectivity index (χ1n) is 5.18. The maximum Gasteiger partial charge on any atom is 0.0489 e. The molecule has 3 heteroatoms. The van der Waals surface area contributed by atoms with Crippen LogP contribution < -0.4 is 5.32 Å². The zero-order chi connectivity index (χ0) is 9.52. The van der Waals surface area contributed by atoms with Crippen molar-refractivity contribution in [2.45, 2.75) is 26.3 Å².